The monoisotopic (exact) mass is 392 g/mol. The number of hydrogen-bond donors (Lipinski definition) is 2. The molecule has 1 atom stereocenters. The summed E-state index contributed by atoms with van der Waals surface area (Å²) in [7, 11) is -3.86. The standard InChI is InChI=1S/C18H20N2O6S/c1-3-9-19-17(21)13(2)26-18(22)14-6-4-8-16(11-14)27(23,24)20-12-15-7-5-10-25-15/h3-8,10-11,13,20H,1,9,12H2,2H3,(H,19,21)/t13-/m1/s1. The number of esters is 1. The second kappa shape index (κ2) is 9.15. The number of carbonyl (C=O) groups excluding carboxylic acids is 2. The van der Waals surface area contributed by atoms with Gasteiger partial charge in [0.15, 0.2) is 6.10 Å². The van der Waals surface area contributed by atoms with E-state index in [9.17, 15) is 18.0 Å². The molecular formula is C18H20N2O6S. The summed E-state index contributed by atoms with van der Waals surface area (Å²) < 4.78 is 37.3. The van der Waals surface area contributed by atoms with Crippen LogP contribution < -0.4 is 10.0 Å². The first kappa shape index (κ1) is 20.4. The first-order valence-electron chi connectivity index (χ1n) is 8.05. The lowest BCUT2D eigenvalue weighted by Crippen LogP contribution is -2.35. The van der Waals surface area contributed by atoms with Crippen molar-refractivity contribution in [1.82, 2.24) is 10.0 Å². The lowest BCUT2D eigenvalue weighted by molar-refractivity contribution is -0.128. The van der Waals surface area contributed by atoms with Gasteiger partial charge >= 0.3 is 5.97 Å². The van der Waals surface area contributed by atoms with Crippen molar-refractivity contribution < 1.29 is 27.2 Å². The topological polar surface area (TPSA) is 115 Å². The SMILES string of the molecule is C=CCNC(=O)[C@@H](C)OC(=O)c1cccc(S(=O)(=O)NCc2ccco2)c1. The van der Waals surface area contributed by atoms with Crippen LogP contribution in [0.3, 0.4) is 0 Å². The van der Waals surface area contributed by atoms with Gasteiger partial charge in [-0.2, -0.15) is 0 Å². The Labute approximate surface area is 157 Å². The molecule has 0 spiro atoms. The lowest BCUT2D eigenvalue weighted by Gasteiger charge is -2.13. The van der Waals surface area contributed by atoms with Crippen LogP contribution in [-0.4, -0.2) is 32.9 Å². The van der Waals surface area contributed by atoms with Gasteiger partial charge in [-0.15, -0.1) is 6.58 Å². The Morgan fingerprint density at radius 1 is 1.30 bits per heavy atom. The maximum atomic E-state index is 12.4. The summed E-state index contributed by atoms with van der Waals surface area (Å²) in [6.45, 7) is 5.11. The fourth-order valence-electron chi connectivity index (χ4n) is 2.05. The van der Waals surface area contributed by atoms with E-state index in [2.05, 4.69) is 16.6 Å². The summed E-state index contributed by atoms with van der Waals surface area (Å²) in [6.07, 6.45) is 1.90. The fraction of sp³-hybridized carbons (Fsp3) is 0.222. The smallest absolute Gasteiger partial charge is 0.338 e. The molecule has 0 aliphatic heterocycles. The van der Waals surface area contributed by atoms with Crippen LogP contribution in [0, 0.1) is 0 Å². The van der Waals surface area contributed by atoms with Crippen LogP contribution in [0.5, 0.6) is 0 Å². The molecule has 8 nitrogen and oxygen atoms in total. The van der Waals surface area contributed by atoms with E-state index < -0.39 is 28.0 Å². The second-order valence-corrected chi connectivity index (χ2v) is 7.28. The molecule has 0 fully saturated rings. The highest BCUT2D eigenvalue weighted by Crippen LogP contribution is 2.14. The highest BCUT2D eigenvalue weighted by Gasteiger charge is 2.21. The average molecular weight is 392 g/mol. The molecule has 9 heteroatoms. The second-order valence-electron chi connectivity index (χ2n) is 5.51. The largest absolute Gasteiger partial charge is 0.468 e. The molecular weight excluding hydrogens is 372 g/mol. The third kappa shape index (κ3) is 5.80. The fourth-order valence-corrected chi connectivity index (χ4v) is 3.09. The maximum absolute atomic E-state index is 12.4. The van der Waals surface area contributed by atoms with Gasteiger partial charge < -0.3 is 14.5 Å². The third-order valence-electron chi connectivity index (χ3n) is 3.47. The van der Waals surface area contributed by atoms with E-state index in [4.69, 9.17) is 9.15 Å². The number of benzene rings is 1. The zero-order valence-electron chi connectivity index (χ0n) is 14.7. The van der Waals surface area contributed by atoms with E-state index in [1.54, 1.807) is 12.1 Å². The average Bonchev–Trinajstić information content (AvgIpc) is 3.18. The quantitative estimate of drug-likeness (QED) is 0.495. The minimum atomic E-state index is -3.86. The predicted molar refractivity (Wildman–Crippen MR) is 97.3 cm³/mol. The van der Waals surface area contributed by atoms with Gasteiger partial charge in [0.05, 0.1) is 23.3 Å². The van der Waals surface area contributed by atoms with Crippen LogP contribution >= 0.6 is 0 Å². The molecule has 0 saturated heterocycles. The molecule has 2 aromatic rings. The van der Waals surface area contributed by atoms with E-state index in [1.165, 1.54) is 43.5 Å². The molecule has 0 saturated carbocycles. The zero-order chi connectivity index (χ0) is 19.9. The molecule has 2 N–H and O–H groups in total. The maximum Gasteiger partial charge on any atom is 0.338 e. The number of ether oxygens (including phenoxy) is 1. The predicted octanol–water partition coefficient (Wildman–Crippen LogP) is 1.61. The Hall–Kier alpha value is -2.91. The molecule has 0 aliphatic rings. The Bertz CT molecular complexity index is 906. The number of furan rings is 1. The van der Waals surface area contributed by atoms with Gasteiger partial charge in [0, 0.05) is 6.54 Å². The number of hydrogen-bond acceptors (Lipinski definition) is 6. The van der Waals surface area contributed by atoms with Crippen molar-refractivity contribution in [3.05, 3.63) is 66.6 Å². The summed E-state index contributed by atoms with van der Waals surface area (Å²) in [4.78, 5) is 23.8. The summed E-state index contributed by atoms with van der Waals surface area (Å²) in [5, 5.41) is 2.51. The molecule has 0 unspecified atom stereocenters. The van der Waals surface area contributed by atoms with Gasteiger partial charge in [-0.3, -0.25) is 4.79 Å². The molecule has 0 aliphatic carbocycles. The lowest BCUT2D eigenvalue weighted by atomic mass is 10.2. The highest BCUT2D eigenvalue weighted by molar-refractivity contribution is 7.89. The first-order chi connectivity index (χ1) is 12.8. The van der Waals surface area contributed by atoms with Crippen LogP contribution in [0.1, 0.15) is 23.0 Å². The summed E-state index contributed by atoms with van der Waals surface area (Å²) in [5.74, 6) is -0.833. The summed E-state index contributed by atoms with van der Waals surface area (Å²) >= 11 is 0. The van der Waals surface area contributed by atoms with E-state index in [0.717, 1.165) is 0 Å². The number of nitrogens with one attached hydrogen (secondary N) is 2. The van der Waals surface area contributed by atoms with Crippen LogP contribution in [0.15, 0.2) is 64.6 Å². The van der Waals surface area contributed by atoms with Crippen LogP contribution in [0.4, 0.5) is 0 Å². The third-order valence-corrected chi connectivity index (χ3v) is 4.87. The van der Waals surface area contributed by atoms with Gasteiger partial charge in [0.2, 0.25) is 10.0 Å². The molecule has 27 heavy (non-hydrogen) atoms. The molecule has 1 aromatic carbocycles. The number of rotatable bonds is 9. The van der Waals surface area contributed by atoms with Gasteiger partial charge in [-0.25, -0.2) is 17.9 Å². The van der Waals surface area contributed by atoms with Gasteiger partial charge in [0.1, 0.15) is 5.76 Å². The Kier molecular flexibility index (Phi) is 6.91. The number of amides is 1. The zero-order valence-corrected chi connectivity index (χ0v) is 15.5. The van der Waals surface area contributed by atoms with Crippen molar-refractivity contribution in [3.63, 3.8) is 0 Å². The Morgan fingerprint density at radius 2 is 2.07 bits per heavy atom. The van der Waals surface area contributed by atoms with E-state index in [0.29, 0.717) is 5.76 Å². The van der Waals surface area contributed by atoms with Crippen LogP contribution in [0.2, 0.25) is 0 Å². The number of carbonyl (C=O) groups is 2. The summed E-state index contributed by atoms with van der Waals surface area (Å²) in [6, 6.07) is 8.63. The van der Waals surface area contributed by atoms with Crippen molar-refractivity contribution in [3.8, 4) is 0 Å². The Balaban J connectivity index is 2.05. The summed E-state index contributed by atoms with van der Waals surface area (Å²) in [5.41, 5.74) is 0.0132. The van der Waals surface area contributed by atoms with Crippen molar-refractivity contribution in [2.24, 2.45) is 0 Å². The minimum absolute atomic E-state index is 0.0132. The van der Waals surface area contributed by atoms with Crippen molar-refractivity contribution >= 4 is 21.9 Å². The molecule has 2 rings (SSSR count). The Morgan fingerprint density at radius 3 is 2.74 bits per heavy atom. The van der Waals surface area contributed by atoms with Crippen molar-refractivity contribution in [2.75, 3.05) is 6.54 Å². The molecule has 0 bridgehead atoms. The van der Waals surface area contributed by atoms with Crippen molar-refractivity contribution in [1.29, 1.82) is 0 Å². The molecule has 1 amide bonds. The van der Waals surface area contributed by atoms with E-state index in [1.807, 2.05) is 0 Å². The van der Waals surface area contributed by atoms with E-state index in [-0.39, 0.29) is 23.5 Å². The molecule has 1 heterocycles. The molecule has 0 radical (unpaired) electrons. The van der Waals surface area contributed by atoms with Crippen LogP contribution in [0.25, 0.3) is 0 Å². The van der Waals surface area contributed by atoms with E-state index >= 15 is 0 Å². The van der Waals surface area contributed by atoms with Gasteiger partial charge in [-0.05, 0) is 37.3 Å². The minimum Gasteiger partial charge on any atom is -0.468 e. The molecule has 1 aromatic heterocycles. The molecule has 144 valence electrons. The van der Waals surface area contributed by atoms with Crippen molar-refractivity contribution in [2.45, 2.75) is 24.5 Å². The normalized spacial score (nSPS) is 12.2. The van der Waals surface area contributed by atoms with Gasteiger partial charge in [-0.1, -0.05) is 12.1 Å². The first-order valence-corrected chi connectivity index (χ1v) is 9.53. The van der Waals surface area contributed by atoms with Crippen LogP contribution in [-0.2, 0) is 26.1 Å². The number of sulfonamides is 1. The highest BCUT2D eigenvalue weighted by atomic mass is 32.2. The van der Waals surface area contributed by atoms with Gasteiger partial charge in [0.25, 0.3) is 5.91 Å².